The van der Waals surface area contributed by atoms with Crippen LogP contribution in [-0.2, 0) is 5.66 Å². The van der Waals surface area contributed by atoms with E-state index in [9.17, 15) is 0 Å². The van der Waals surface area contributed by atoms with Crippen LogP contribution in [0, 0.1) is 13.8 Å². The number of aromatic nitrogens is 6. The first-order valence-corrected chi connectivity index (χ1v) is 9.58. The van der Waals surface area contributed by atoms with Crippen molar-refractivity contribution in [2.24, 2.45) is 0 Å². The molecule has 1 aliphatic rings. The Morgan fingerprint density at radius 2 is 1.93 bits per heavy atom. The molecule has 3 heterocycles. The van der Waals surface area contributed by atoms with Crippen molar-refractivity contribution in [1.82, 2.24) is 30.2 Å². The van der Waals surface area contributed by atoms with Gasteiger partial charge >= 0.3 is 0 Å². The molecule has 1 unspecified atom stereocenters. The average molecular weight is 389 g/mol. The molecule has 0 aliphatic carbocycles. The number of rotatable bonds is 3. The van der Waals surface area contributed by atoms with Gasteiger partial charge in [-0.2, -0.15) is 0 Å². The lowest BCUT2D eigenvalue weighted by molar-refractivity contribution is 0.327. The Balaban J connectivity index is 1.74. The molecule has 148 valence electrons. The summed E-state index contributed by atoms with van der Waals surface area (Å²) in [5.41, 5.74) is 5.92. The molecule has 5 rings (SSSR count). The first kappa shape index (κ1) is 17.7. The van der Waals surface area contributed by atoms with Gasteiger partial charge in [0.2, 0.25) is 0 Å². The molecule has 1 aliphatic heterocycles. The van der Waals surface area contributed by atoms with Crippen LogP contribution in [0.1, 0.15) is 42.4 Å². The van der Waals surface area contributed by atoms with Crippen molar-refractivity contribution in [1.29, 1.82) is 0 Å². The molecule has 0 radical (unpaired) electrons. The van der Waals surface area contributed by atoms with Crippen molar-refractivity contribution in [3.05, 3.63) is 59.2 Å². The Labute approximate surface area is 168 Å². The zero-order valence-corrected chi connectivity index (χ0v) is 17.1. The van der Waals surface area contributed by atoms with E-state index in [2.05, 4.69) is 88.4 Å². The van der Waals surface area contributed by atoms with E-state index < -0.39 is 5.66 Å². The van der Waals surface area contributed by atoms with Gasteiger partial charge in [-0.15, -0.1) is 5.10 Å². The van der Waals surface area contributed by atoms with Gasteiger partial charge in [0.1, 0.15) is 17.5 Å². The highest BCUT2D eigenvalue weighted by atomic mass is 16.5. The smallest absolute Gasteiger partial charge is 0.181 e. The second-order valence-electron chi connectivity index (χ2n) is 8.00. The summed E-state index contributed by atoms with van der Waals surface area (Å²) in [6, 6.07) is 10.4. The number of H-pyrrole nitrogens is 1. The number of benzene rings is 2. The number of imidazole rings is 1. The van der Waals surface area contributed by atoms with Crippen LogP contribution >= 0.6 is 0 Å². The molecule has 0 saturated carbocycles. The van der Waals surface area contributed by atoms with Crippen molar-refractivity contribution in [3.8, 4) is 5.75 Å². The summed E-state index contributed by atoms with van der Waals surface area (Å²) < 4.78 is 7.43. The fraction of sp³-hybridized carbons (Fsp3) is 0.333. The van der Waals surface area contributed by atoms with E-state index in [1.165, 1.54) is 0 Å². The standard InChI is InChI=1S/C21H23N7O/c1-12-9-18(29-5)13(2)8-15(12)19-20-24-25-26-28(20)21(3,4)27(19)14-6-7-16-17(10-14)23-11-22-16/h6-11,19H,1-5H3,(H,22,23). The van der Waals surface area contributed by atoms with Crippen LogP contribution in [0.5, 0.6) is 5.75 Å². The van der Waals surface area contributed by atoms with Gasteiger partial charge in [-0.3, -0.25) is 0 Å². The van der Waals surface area contributed by atoms with Crippen molar-refractivity contribution in [3.63, 3.8) is 0 Å². The van der Waals surface area contributed by atoms with Gasteiger partial charge < -0.3 is 14.6 Å². The first-order valence-electron chi connectivity index (χ1n) is 9.58. The SMILES string of the molecule is COc1cc(C)c(C2c3nnnn3C(C)(C)N2c2ccc3[nH]cnc3c2)cc1C. The summed E-state index contributed by atoms with van der Waals surface area (Å²) in [4.78, 5) is 9.94. The van der Waals surface area contributed by atoms with E-state index in [0.29, 0.717) is 0 Å². The second kappa shape index (κ2) is 6.04. The van der Waals surface area contributed by atoms with Crippen molar-refractivity contribution in [2.75, 3.05) is 12.0 Å². The third-order valence-corrected chi connectivity index (χ3v) is 5.87. The summed E-state index contributed by atoms with van der Waals surface area (Å²) in [6.07, 6.45) is 1.72. The summed E-state index contributed by atoms with van der Waals surface area (Å²) in [5.74, 6) is 1.71. The van der Waals surface area contributed by atoms with Gasteiger partial charge in [-0.1, -0.05) is 0 Å². The molecule has 0 bridgehead atoms. The number of fused-ring (bicyclic) bond motifs is 2. The van der Waals surface area contributed by atoms with Crippen LogP contribution in [0.25, 0.3) is 11.0 Å². The fourth-order valence-electron chi connectivity index (χ4n) is 4.43. The minimum Gasteiger partial charge on any atom is -0.496 e. The lowest BCUT2D eigenvalue weighted by atomic mass is 9.96. The number of methoxy groups -OCH3 is 1. The number of nitrogens with one attached hydrogen (secondary N) is 1. The first-order chi connectivity index (χ1) is 13.9. The maximum absolute atomic E-state index is 5.52. The van der Waals surface area contributed by atoms with E-state index in [-0.39, 0.29) is 6.04 Å². The molecule has 2 aromatic carbocycles. The molecule has 29 heavy (non-hydrogen) atoms. The molecule has 4 aromatic rings. The highest BCUT2D eigenvalue weighted by molar-refractivity contribution is 5.79. The minimum atomic E-state index is -0.451. The topological polar surface area (TPSA) is 84.8 Å². The number of hydrogen-bond acceptors (Lipinski definition) is 6. The molecule has 8 nitrogen and oxygen atoms in total. The zero-order valence-electron chi connectivity index (χ0n) is 17.1. The largest absolute Gasteiger partial charge is 0.496 e. The second-order valence-corrected chi connectivity index (χ2v) is 8.00. The van der Waals surface area contributed by atoms with Gasteiger partial charge in [0, 0.05) is 5.69 Å². The predicted molar refractivity (Wildman–Crippen MR) is 110 cm³/mol. The Morgan fingerprint density at radius 1 is 1.10 bits per heavy atom. The van der Waals surface area contributed by atoms with Gasteiger partial charge in [-0.25, -0.2) is 9.67 Å². The van der Waals surface area contributed by atoms with Crippen molar-refractivity contribution in [2.45, 2.75) is 39.4 Å². The molecule has 0 saturated heterocycles. The molecular weight excluding hydrogens is 366 g/mol. The van der Waals surface area contributed by atoms with Gasteiger partial charge in [0.15, 0.2) is 5.82 Å². The van der Waals surface area contributed by atoms with Crippen LogP contribution < -0.4 is 9.64 Å². The Hall–Kier alpha value is -3.42. The van der Waals surface area contributed by atoms with Crippen LogP contribution in [0.2, 0.25) is 0 Å². The van der Waals surface area contributed by atoms with E-state index in [0.717, 1.165) is 45.0 Å². The Bertz CT molecular complexity index is 1220. The quantitative estimate of drug-likeness (QED) is 0.577. The molecule has 0 amide bonds. The minimum absolute atomic E-state index is 0.124. The third-order valence-electron chi connectivity index (χ3n) is 5.87. The summed E-state index contributed by atoms with van der Waals surface area (Å²) in [5, 5.41) is 12.7. The number of anilines is 1. The van der Waals surface area contributed by atoms with Crippen LogP contribution in [0.3, 0.4) is 0 Å². The Morgan fingerprint density at radius 3 is 2.72 bits per heavy atom. The maximum atomic E-state index is 5.52. The van der Waals surface area contributed by atoms with Gasteiger partial charge in [-0.05, 0) is 85.1 Å². The molecule has 8 heteroatoms. The van der Waals surface area contributed by atoms with E-state index >= 15 is 0 Å². The normalized spacial score (nSPS) is 17.7. The number of aryl methyl sites for hydroxylation is 2. The number of hydrogen-bond donors (Lipinski definition) is 1. The van der Waals surface area contributed by atoms with E-state index in [1.807, 2.05) is 4.68 Å². The summed E-state index contributed by atoms with van der Waals surface area (Å²) in [7, 11) is 1.70. The highest BCUT2D eigenvalue weighted by Gasteiger charge is 2.48. The number of nitrogens with zero attached hydrogens (tertiary/aromatic N) is 6. The van der Waals surface area contributed by atoms with Crippen molar-refractivity contribution < 1.29 is 4.74 Å². The van der Waals surface area contributed by atoms with Crippen molar-refractivity contribution >= 4 is 16.7 Å². The highest BCUT2D eigenvalue weighted by Crippen LogP contribution is 2.47. The van der Waals surface area contributed by atoms with Gasteiger partial charge in [0.25, 0.3) is 0 Å². The third kappa shape index (κ3) is 2.45. The number of tetrazole rings is 1. The van der Waals surface area contributed by atoms with Crippen LogP contribution in [0.15, 0.2) is 36.7 Å². The average Bonchev–Trinajstić information content (AvgIpc) is 3.39. The van der Waals surface area contributed by atoms with Gasteiger partial charge in [0.05, 0.1) is 24.5 Å². The number of ether oxygens (including phenoxy) is 1. The summed E-state index contributed by atoms with van der Waals surface area (Å²) >= 11 is 0. The predicted octanol–water partition coefficient (Wildman–Crippen LogP) is 3.48. The van der Waals surface area contributed by atoms with E-state index in [4.69, 9.17) is 4.74 Å². The molecule has 1 N–H and O–H groups in total. The number of aromatic amines is 1. The molecule has 0 spiro atoms. The van der Waals surface area contributed by atoms with Crippen LogP contribution in [0.4, 0.5) is 5.69 Å². The lowest BCUT2D eigenvalue weighted by Gasteiger charge is -2.37. The lowest BCUT2D eigenvalue weighted by Crippen LogP contribution is -2.42. The summed E-state index contributed by atoms with van der Waals surface area (Å²) in [6.45, 7) is 8.43. The Kier molecular flexibility index (Phi) is 3.68. The van der Waals surface area contributed by atoms with E-state index in [1.54, 1.807) is 13.4 Å². The zero-order chi connectivity index (χ0) is 20.3. The molecular formula is C21H23N7O. The fourth-order valence-corrected chi connectivity index (χ4v) is 4.43. The monoisotopic (exact) mass is 389 g/mol. The molecule has 0 fully saturated rings. The molecule has 1 atom stereocenters. The van der Waals surface area contributed by atoms with Crippen LogP contribution in [-0.4, -0.2) is 37.3 Å². The maximum Gasteiger partial charge on any atom is 0.181 e. The molecule has 2 aromatic heterocycles.